The molecular weight excluding hydrogens is 308 g/mol. The lowest BCUT2D eigenvalue weighted by Gasteiger charge is -2.25. The smallest absolute Gasteiger partial charge is 0.240 e. The van der Waals surface area contributed by atoms with Gasteiger partial charge in [-0.2, -0.15) is 0 Å². The molecule has 6 heteroatoms. The molecule has 0 spiro atoms. The van der Waals surface area contributed by atoms with Gasteiger partial charge in [0.1, 0.15) is 0 Å². The molecular formula is C15H25ClN2O2S. The molecule has 0 fully saturated rings. The highest BCUT2D eigenvalue weighted by Crippen LogP contribution is 2.27. The Labute approximate surface area is 133 Å². The number of benzene rings is 1. The van der Waals surface area contributed by atoms with Gasteiger partial charge in [-0.3, -0.25) is 0 Å². The third-order valence-electron chi connectivity index (χ3n) is 3.79. The van der Waals surface area contributed by atoms with E-state index in [2.05, 4.69) is 32.4 Å². The molecule has 21 heavy (non-hydrogen) atoms. The maximum absolute atomic E-state index is 12.4. The van der Waals surface area contributed by atoms with E-state index in [-0.39, 0.29) is 16.5 Å². The van der Waals surface area contributed by atoms with Crippen molar-refractivity contribution in [1.29, 1.82) is 0 Å². The number of sulfonamides is 1. The first kappa shape index (κ1) is 18.3. The van der Waals surface area contributed by atoms with E-state index in [0.717, 1.165) is 0 Å². The van der Waals surface area contributed by atoms with Gasteiger partial charge in [-0.05, 0) is 42.4 Å². The highest BCUT2D eigenvalue weighted by molar-refractivity contribution is 7.89. The van der Waals surface area contributed by atoms with Crippen LogP contribution in [0.1, 0.15) is 33.3 Å². The number of nitrogens with two attached hydrogens (primary N) is 1. The second-order valence-corrected chi connectivity index (χ2v) is 8.29. The zero-order chi connectivity index (χ0) is 16.4. The van der Waals surface area contributed by atoms with Crippen LogP contribution < -0.4 is 10.5 Å². The van der Waals surface area contributed by atoms with E-state index in [1.165, 1.54) is 6.07 Å². The molecule has 0 radical (unpaired) electrons. The molecule has 0 aliphatic rings. The van der Waals surface area contributed by atoms with Gasteiger partial charge in [-0.25, -0.2) is 13.1 Å². The van der Waals surface area contributed by atoms with Crippen LogP contribution in [-0.4, -0.2) is 15.0 Å². The van der Waals surface area contributed by atoms with Gasteiger partial charge in [-0.15, -0.1) is 0 Å². The molecule has 0 saturated carbocycles. The topological polar surface area (TPSA) is 72.2 Å². The summed E-state index contributed by atoms with van der Waals surface area (Å²) in [5.41, 5.74) is 6.68. The van der Waals surface area contributed by atoms with Crippen molar-refractivity contribution in [2.24, 2.45) is 17.8 Å². The van der Waals surface area contributed by atoms with Gasteiger partial charge < -0.3 is 5.73 Å². The maximum Gasteiger partial charge on any atom is 0.240 e. The minimum atomic E-state index is -3.57. The molecule has 1 aromatic rings. The Hall–Kier alpha value is -0.780. The Balaban J connectivity index is 2.97. The Morgan fingerprint density at radius 3 is 2.14 bits per heavy atom. The maximum atomic E-state index is 12.4. The van der Waals surface area contributed by atoms with Crippen LogP contribution in [0.4, 0.5) is 5.69 Å². The Kier molecular flexibility index (Phi) is 6.08. The lowest BCUT2D eigenvalue weighted by molar-refractivity contribution is 0.289. The number of hydrogen-bond acceptors (Lipinski definition) is 3. The monoisotopic (exact) mass is 332 g/mol. The Morgan fingerprint density at radius 1 is 1.19 bits per heavy atom. The van der Waals surface area contributed by atoms with Crippen LogP contribution in [0, 0.1) is 24.7 Å². The molecule has 0 aromatic heterocycles. The number of anilines is 1. The van der Waals surface area contributed by atoms with Gasteiger partial charge in [0.2, 0.25) is 10.0 Å². The first-order valence-corrected chi connectivity index (χ1v) is 8.97. The summed E-state index contributed by atoms with van der Waals surface area (Å²) < 4.78 is 27.5. The molecule has 3 N–H and O–H groups in total. The van der Waals surface area contributed by atoms with Crippen molar-refractivity contribution in [2.45, 2.75) is 39.5 Å². The molecule has 0 amide bonds. The lowest BCUT2D eigenvalue weighted by atomic mass is 9.86. The van der Waals surface area contributed by atoms with E-state index in [0.29, 0.717) is 29.0 Å². The van der Waals surface area contributed by atoms with Gasteiger partial charge in [-0.1, -0.05) is 39.3 Å². The summed E-state index contributed by atoms with van der Waals surface area (Å²) in [4.78, 5) is 0.160. The second kappa shape index (κ2) is 6.99. The number of aryl methyl sites for hydroxylation is 1. The van der Waals surface area contributed by atoms with Crippen LogP contribution in [0.2, 0.25) is 5.02 Å². The summed E-state index contributed by atoms with van der Waals surface area (Å²) in [6, 6.07) is 2.94. The van der Waals surface area contributed by atoms with Gasteiger partial charge >= 0.3 is 0 Å². The molecule has 1 aromatic carbocycles. The van der Waals surface area contributed by atoms with Crippen molar-refractivity contribution >= 4 is 27.3 Å². The van der Waals surface area contributed by atoms with E-state index in [1.807, 2.05) is 0 Å². The highest BCUT2D eigenvalue weighted by atomic mass is 35.5. The highest BCUT2D eigenvalue weighted by Gasteiger charge is 2.22. The summed E-state index contributed by atoms with van der Waals surface area (Å²) in [5.74, 6) is 1.10. The molecule has 0 atom stereocenters. The standard InChI is InChI=1S/C15H25ClN2O2S/c1-9(2)13(10(3)4)8-18-21(19,20)12-6-11(5)15(16)14(17)7-12/h6-7,9-10,13,18H,8,17H2,1-5H3. The third kappa shape index (κ3) is 4.59. The fraction of sp³-hybridized carbons (Fsp3) is 0.600. The van der Waals surface area contributed by atoms with Crippen molar-refractivity contribution in [1.82, 2.24) is 4.72 Å². The zero-order valence-corrected chi connectivity index (χ0v) is 14.8. The Morgan fingerprint density at radius 2 is 1.71 bits per heavy atom. The number of nitrogen functional groups attached to an aromatic ring is 1. The summed E-state index contributed by atoms with van der Waals surface area (Å²) in [6.07, 6.45) is 0. The van der Waals surface area contributed by atoms with E-state index >= 15 is 0 Å². The van der Waals surface area contributed by atoms with Crippen LogP contribution >= 0.6 is 11.6 Å². The van der Waals surface area contributed by atoms with Gasteiger partial charge in [0.05, 0.1) is 15.6 Å². The zero-order valence-electron chi connectivity index (χ0n) is 13.3. The predicted octanol–water partition coefficient (Wildman–Crippen LogP) is 3.44. The molecule has 0 aliphatic carbocycles. The SMILES string of the molecule is Cc1cc(S(=O)(=O)NCC(C(C)C)C(C)C)cc(N)c1Cl. The van der Waals surface area contributed by atoms with E-state index in [1.54, 1.807) is 13.0 Å². The van der Waals surface area contributed by atoms with Crippen molar-refractivity contribution < 1.29 is 8.42 Å². The van der Waals surface area contributed by atoms with Crippen molar-refractivity contribution in [3.63, 3.8) is 0 Å². The van der Waals surface area contributed by atoms with Crippen molar-refractivity contribution in [3.8, 4) is 0 Å². The average Bonchev–Trinajstić information content (AvgIpc) is 2.34. The van der Waals surface area contributed by atoms with E-state index in [4.69, 9.17) is 17.3 Å². The molecule has 0 aliphatic heterocycles. The van der Waals surface area contributed by atoms with Crippen LogP contribution in [0.15, 0.2) is 17.0 Å². The normalized spacial score (nSPS) is 12.6. The Bertz CT molecular complexity index is 567. The largest absolute Gasteiger partial charge is 0.397 e. The van der Waals surface area contributed by atoms with Gasteiger partial charge in [0.15, 0.2) is 0 Å². The summed E-state index contributed by atoms with van der Waals surface area (Å²) in [5, 5.41) is 0.399. The van der Waals surface area contributed by atoms with Crippen LogP contribution in [-0.2, 0) is 10.0 Å². The van der Waals surface area contributed by atoms with Crippen molar-refractivity contribution in [3.05, 3.63) is 22.7 Å². The van der Waals surface area contributed by atoms with Crippen LogP contribution in [0.25, 0.3) is 0 Å². The molecule has 4 nitrogen and oxygen atoms in total. The van der Waals surface area contributed by atoms with E-state index in [9.17, 15) is 8.42 Å². The fourth-order valence-electron chi connectivity index (χ4n) is 2.45. The average molecular weight is 333 g/mol. The van der Waals surface area contributed by atoms with Gasteiger partial charge in [0.25, 0.3) is 0 Å². The number of nitrogens with one attached hydrogen (secondary N) is 1. The van der Waals surface area contributed by atoms with Crippen molar-refractivity contribution in [2.75, 3.05) is 12.3 Å². The summed E-state index contributed by atoms with van der Waals surface area (Å²) in [7, 11) is -3.57. The number of hydrogen-bond donors (Lipinski definition) is 2. The quantitative estimate of drug-likeness (QED) is 0.784. The van der Waals surface area contributed by atoms with Crippen LogP contribution in [0.3, 0.4) is 0 Å². The second-order valence-electron chi connectivity index (χ2n) is 6.15. The third-order valence-corrected chi connectivity index (χ3v) is 5.71. The minimum Gasteiger partial charge on any atom is -0.397 e. The molecule has 120 valence electrons. The number of halogens is 1. The fourth-order valence-corrected chi connectivity index (χ4v) is 3.75. The summed E-state index contributed by atoms with van der Waals surface area (Å²) >= 11 is 5.97. The van der Waals surface area contributed by atoms with E-state index < -0.39 is 10.0 Å². The minimum absolute atomic E-state index is 0.160. The molecule has 1 rings (SSSR count). The molecule has 0 saturated heterocycles. The first-order chi connectivity index (χ1) is 9.56. The molecule has 0 bridgehead atoms. The summed E-state index contributed by atoms with van der Waals surface area (Å²) in [6.45, 7) is 10.6. The lowest BCUT2D eigenvalue weighted by Crippen LogP contribution is -2.34. The molecule has 0 heterocycles. The number of rotatable bonds is 6. The molecule has 0 unspecified atom stereocenters. The predicted molar refractivity (Wildman–Crippen MR) is 89.0 cm³/mol. The van der Waals surface area contributed by atoms with Gasteiger partial charge in [0, 0.05) is 6.54 Å². The first-order valence-electron chi connectivity index (χ1n) is 7.11. The van der Waals surface area contributed by atoms with Crippen LogP contribution in [0.5, 0.6) is 0 Å².